The summed E-state index contributed by atoms with van der Waals surface area (Å²) in [5, 5.41) is 8.78. The summed E-state index contributed by atoms with van der Waals surface area (Å²) in [5.41, 5.74) is 2.02. The highest BCUT2D eigenvalue weighted by atomic mass is 19.4. The lowest BCUT2D eigenvalue weighted by molar-refractivity contribution is -0.138. The molecule has 4 rings (SSSR count). The quantitative estimate of drug-likeness (QED) is 0.369. The minimum atomic E-state index is -4.37. The molecule has 0 aliphatic heterocycles. The molecule has 4 aromatic rings. The molecule has 0 amide bonds. The van der Waals surface area contributed by atoms with Crippen molar-refractivity contribution < 1.29 is 13.2 Å². The fourth-order valence-corrected chi connectivity index (χ4v) is 3.84. The van der Waals surface area contributed by atoms with Crippen molar-refractivity contribution in [3.63, 3.8) is 0 Å². The van der Waals surface area contributed by atoms with E-state index in [0.29, 0.717) is 35.7 Å². The molecule has 2 aromatic carbocycles. The monoisotopic (exact) mass is 436 g/mol. The van der Waals surface area contributed by atoms with E-state index in [4.69, 9.17) is 0 Å². The first-order chi connectivity index (χ1) is 15.3. The number of alkyl halides is 3. The van der Waals surface area contributed by atoms with E-state index in [1.807, 2.05) is 53.1 Å². The number of aromatic nitrogens is 4. The minimum Gasteiger partial charge on any atom is -0.302 e. The molecule has 0 aliphatic rings. The van der Waals surface area contributed by atoms with Crippen LogP contribution in [0.15, 0.2) is 72.9 Å². The molecule has 0 aliphatic carbocycles. The van der Waals surface area contributed by atoms with E-state index in [2.05, 4.69) is 22.1 Å². The van der Waals surface area contributed by atoms with Crippen molar-refractivity contribution in [1.82, 2.24) is 19.7 Å². The Bertz CT molecular complexity index is 1190. The zero-order chi connectivity index (χ0) is 22.7. The normalized spacial score (nSPS) is 12.7. The molecule has 2 aromatic heterocycles. The van der Waals surface area contributed by atoms with Crippen LogP contribution < -0.4 is 0 Å². The van der Waals surface area contributed by atoms with Gasteiger partial charge in [-0.3, -0.25) is 4.98 Å². The zero-order valence-corrected chi connectivity index (χ0v) is 17.8. The van der Waals surface area contributed by atoms with Gasteiger partial charge in [0.2, 0.25) is 0 Å². The van der Waals surface area contributed by atoms with Crippen molar-refractivity contribution >= 4 is 0 Å². The number of aryl methyl sites for hydroxylation is 3. The third kappa shape index (κ3) is 4.56. The van der Waals surface area contributed by atoms with Gasteiger partial charge in [0.15, 0.2) is 5.82 Å². The lowest BCUT2D eigenvalue weighted by Crippen LogP contribution is -2.14. The summed E-state index contributed by atoms with van der Waals surface area (Å²) in [7, 11) is 0. The largest absolute Gasteiger partial charge is 0.416 e. The molecule has 0 fully saturated rings. The molecular weight excluding hydrogens is 413 g/mol. The van der Waals surface area contributed by atoms with Gasteiger partial charge in [-0.25, -0.2) is 0 Å². The fourth-order valence-electron chi connectivity index (χ4n) is 3.84. The van der Waals surface area contributed by atoms with Crippen molar-refractivity contribution in [3.8, 4) is 11.5 Å². The standard InChI is InChI=1S/C25H23F3N4/c1-17-11-12-19(16-21(17)25(26,27)28)13-14-23-30-31-24(22-10-6-7-15-29-22)32(23)18(2)20-8-4-3-5-9-20/h3-12,15-16,18H,13-14H2,1-2H3/t18-/m0/s1. The number of nitrogens with zero attached hydrogens (tertiary/aromatic N) is 4. The fraction of sp³-hybridized carbons (Fsp3) is 0.240. The highest BCUT2D eigenvalue weighted by molar-refractivity contribution is 5.50. The van der Waals surface area contributed by atoms with Gasteiger partial charge in [-0.15, -0.1) is 10.2 Å². The number of halogens is 3. The van der Waals surface area contributed by atoms with Crippen LogP contribution in [-0.2, 0) is 19.0 Å². The van der Waals surface area contributed by atoms with Crippen molar-refractivity contribution in [3.05, 3.63) is 101 Å². The van der Waals surface area contributed by atoms with Crippen molar-refractivity contribution in [2.75, 3.05) is 0 Å². The van der Waals surface area contributed by atoms with Gasteiger partial charge in [-0.05, 0) is 55.2 Å². The molecule has 0 bridgehead atoms. The lowest BCUT2D eigenvalue weighted by atomic mass is 10.0. The molecular formula is C25H23F3N4. The van der Waals surface area contributed by atoms with E-state index in [9.17, 15) is 13.2 Å². The Morgan fingerprint density at radius 2 is 1.66 bits per heavy atom. The van der Waals surface area contributed by atoms with Crippen LogP contribution in [0.1, 0.15) is 41.0 Å². The molecule has 164 valence electrons. The van der Waals surface area contributed by atoms with Crippen LogP contribution in [-0.4, -0.2) is 19.7 Å². The predicted molar refractivity (Wildman–Crippen MR) is 117 cm³/mol. The van der Waals surface area contributed by atoms with Crippen LogP contribution >= 0.6 is 0 Å². The van der Waals surface area contributed by atoms with Gasteiger partial charge in [0.1, 0.15) is 11.5 Å². The average molecular weight is 436 g/mol. The molecule has 7 heteroatoms. The lowest BCUT2D eigenvalue weighted by Gasteiger charge is -2.19. The van der Waals surface area contributed by atoms with Crippen LogP contribution in [0, 0.1) is 6.92 Å². The van der Waals surface area contributed by atoms with E-state index in [1.165, 1.54) is 19.1 Å². The van der Waals surface area contributed by atoms with E-state index >= 15 is 0 Å². The molecule has 0 saturated carbocycles. The Hall–Kier alpha value is -3.48. The van der Waals surface area contributed by atoms with Gasteiger partial charge in [-0.2, -0.15) is 13.2 Å². The minimum absolute atomic E-state index is 0.0676. The first kappa shape index (κ1) is 21.7. The smallest absolute Gasteiger partial charge is 0.302 e. The third-order valence-corrected chi connectivity index (χ3v) is 5.57. The molecule has 4 nitrogen and oxygen atoms in total. The van der Waals surface area contributed by atoms with Crippen LogP contribution in [0.2, 0.25) is 0 Å². The third-order valence-electron chi connectivity index (χ3n) is 5.57. The summed E-state index contributed by atoms with van der Waals surface area (Å²) in [6, 6.07) is 20.0. The van der Waals surface area contributed by atoms with Crippen LogP contribution in [0.25, 0.3) is 11.5 Å². The van der Waals surface area contributed by atoms with Crippen LogP contribution in [0.3, 0.4) is 0 Å². The summed E-state index contributed by atoms with van der Waals surface area (Å²) < 4.78 is 41.9. The Kier molecular flexibility index (Phi) is 6.08. The SMILES string of the molecule is Cc1ccc(CCc2nnc(-c3ccccn3)n2[C@@H](C)c2ccccc2)cc1C(F)(F)F. The van der Waals surface area contributed by atoms with E-state index < -0.39 is 11.7 Å². The second-order valence-electron chi connectivity index (χ2n) is 7.76. The topological polar surface area (TPSA) is 43.6 Å². The second-order valence-corrected chi connectivity index (χ2v) is 7.76. The number of pyridine rings is 1. The van der Waals surface area contributed by atoms with Gasteiger partial charge < -0.3 is 4.57 Å². The molecule has 0 spiro atoms. The molecule has 0 N–H and O–H groups in total. The van der Waals surface area contributed by atoms with Crippen LogP contribution in [0.4, 0.5) is 13.2 Å². The van der Waals surface area contributed by atoms with E-state index in [-0.39, 0.29) is 11.6 Å². The van der Waals surface area contributed by atoms with Crippen LogP contribution in [0.5, 0.6) is 0 Å². The van der Waals surface area contributed by atoms with Gasteiger partial charge >= 0.3 is 6.18 Å². The Morgan fingerprint density at radius 3 is 2.34 bits per heavy atom. The van der Waals surface area contributed by atoms with Gasteiger partial charge in [0.05, 0.1) is 11.6 Å². The summed E-state index contributed by atoms with van der Waals surface area (Å²) in [6.45, 7) is 3.53. The first-order valence-electron chi connectivity index (χ1n) is 10.4. The Morgan fingerprint density at radius 1 is 0.906 bits per heavy atom. The van der Waals surface area contributed by atoms with Crippen molar-refractivity contribution in [1.29, 1.82) is 0 Å². The maximum absolute atomic E-state index is 13.3. The number of hydrogen-bond donors (Lipinski definition) is 0. The van der Waals surface area contributed by atoms with Crippen molar-refractivity contribution in [2.45, 2.75) is 38.9 Å². The molecule has 2 heterocycles. The number of rotatable bonds is 6. The maximum Gasteiger partial charge on any atom is 0.416 e. The second kappa shape index (κ2) is 8.94. The van der Waals surface area contributed by atoms with Gasteiger partial charge in [-0.1, -0.05) is 48.5 Å². The Balaban J connectivity index is 1.68. The van der Waals surface area contributed by atoms with E-state index in [1.54, 1.807) is 12.3 Å². The molecule has 1 atom stereocenters. The highest BCUT2D eigenvalue weighted by Gasteiger charge is 2.32. The van der Waals surface area contributed by atoms with Gasteiger partial charge in [0, 0.05) is 12.6 Å². The maximum atomic E-state index is 13.3. The summed E-state index contributed by atoms with van der Waals surface area (Å²) in [6.07, 6.45) is -1.79. The van der Waals surface area contributed by atoms with Gasteiger partial charge in [0.25, 0.3) is 0 Å². The molecule has 0 unspecified atom stereocenters. The highest BCUT2D eigenvalue weighted by Crippen LogP contribution is 2.33. The summed E-state index contributed by atoms with van der Waals surface area (Å²) >= 11 is 0. The number of hydrogen-bond acceptors (Lipinski definition) is 3. The molecule has 32 heavy (non-hydrogen) atoms. The summed E-state index contributed by atoms with van der Waals surface area (Å²) in [5.74, 6) is 1.34. The molecule has 0 saturated heterocycles. The molecule has 0 radical (unpaired) electrons. The predicted octanol–water partition coefficient (Wildman–Crippen LogP) is 6.06. The van der Waals surface area contributed by atoms with E-state index in [0.717, 1.165) is 5.56 Å². The first-order valence-corrected chi connectivity index (χ1v) is 10.4. The zero-order valence-electron chi connectivity index (χ0n) is 17.8. The Labute approximate surface area is 184 Å². The average Bonchev–Trinajstić information content (AvgIpc) is 3.22. The summed E-state index contributed by atoms with van der Waals surface area (Å²) in [4.78, 5) is 4.42. The number of benzene rings is 2. The van der Waals surface area contributed by atoms with Crippen molar-refractivity contribution in [2.24, 2.45) is 0 Å².